The van der Waals surface area contributed by atoms with Crippen molar-refractivity contribution in [2.24, 2.45) is 0 Å². The lowest BCUT2D eigenvalue weighted by Gasteiger charge is -2.16. The predicted octanol–water partition coefficient (Wildman–Crippen LogP) is 5.29. The van der Waals surface area contributed by atoms with Gasteiger partial charge in [-0.3, -0.25) is 4.79 Å². The van der Waals surface area contributed by atoms with Crippen LogP contribution in [0, 0.1) is 11.6 Å². The summed E-state index contributed by atoms with van der Waals surface area (Å²) in [5.74, 6) is -2.54. The molecule has 0 radical (unpaired) electrons. The maximum atomic E-state index is 13.9. The van der Waals surface area contributed by atoms with Crippen molar-refractivity contribution in [1.29, 1.82) is 0 Å². The lowest BCUT2D eigenvalue weighted by molar-refractivity contribution is 0.102. The van der Waals surface area contributed by atoms with Crippen LogP contribution in [0.4, 0.5) is 20.2 Å². The molecule has 0 fully saturated rings. The molecule has 1 aromatic carbocycles. The lowest BCUT2D eigenvalue weighted by atomic mass is 10.2. The number of halogens is 6. The summed E-state index contributed by atoms with van der Waals surface area (Å²) in [6.45, 7) is 0. The van der Waals surface area contributed by atoms with E-state index in [0.717, 1.165) is 12.1 Å². The van der Waals surface area contributed by atoms with Crippen LogP contribution in [0.2, 0.25) is 20.2 Å². The van der Waals surface area contributed by atoms with Gasteiger partial charge in [0.05, 0.1) is 15.1 Å². The summed E-state index contributed by atoms with van der Waals surface area (Å²) < 4.78 is 27.9. The van der Waals surface area contributed by atoms with E-state index in [1.165, 1.54) is 19.0 Å². The summed E-state index contributed by atoms with van der Waals surface area (Å²) in [7, 11) is 2.97. The molecule has 1 aromatic heterocycles. The molecule has 1 heterocycles. The highest BCUT2D eigenvalue weighted by Gasteiger charge is 2.21. The van der Waals surface area contributed by atoms with Crippen molar-refractivity contribution in [3.8, 4) is 0 Å². The Morgan fingerprint density at radius 1 is 1.04 bits per heavy atom. The van der Waals surface area contributed by atoms with Gasteiger partial charge in [0, 0.05) is 19.8 Å². The average molecular weight is 415 g/mol. The molecule has 0 atom stereocenters. The average Bonchev–Trinajstić information content (AvgIpc) is 2.47. The Balaban J connectivity index is 2.38. The number of aromatic nitrogens is 1. The van der Waals surface area contributed by atoms with Gasteiger partial charge in [0.2, 0.25) is 0 Å². The minimum Gasteiger partial charge on any atom is -0.373 e. The molecule has 0 bridgehead atoms. The molecule has 1 amide bonds. The van der Waals surface area contributed by atoms with Crippen LogP contribution >= 0.6 is 46.4 Å². The summed E-state index contributed by atoms with van der Waals surface area (Å²) in [6.07, 6.45) is 0. The fourth-order valence-corrected chi connectivity index (χ4v) is 2.71. The topological polar surface area (TPSA) is 45.2 Å². The summed E-state index contributed by atoms with van der Waals surface area (Å²) in [6, 6.07) is 1.92. The fourth-order valence-electron chi connectivity index (χ4n) is 1.89. The second kappa shape index (κ2) is 7.27. The first kappa shape index (κ1) is 19.0. The van der Waals surface area contributed by atoms with E-state index in [-0.39, 0.29) is 37.3 Å². The van der Waals surface area contributed by atoms with Gasteiger partial charge in [-0.25, -0.2) is 13.8 Å². The Kier molecular flexibility index (Phi) is 5.75. The monoisotopic (exact) mass is 413 g/mol. The zero-order valence-corrected chi connectivity index (χ0v) is 15.2. The number of hydrogen-bond acceptors (Lipinski definition) is 3. The lowest BCUT2D eigenvalue weighted by Crippen LogP contribution is -2.17. The normalized spacial score (nSPS) is 10.7. The molecule has 10 heteroatoms. The van der Waals surface area contributed by atoms with Crippen molar-refractivity contribution >= 4 is 63.7 Å². The highest BCUT2D eigenvalue weighted by Crippen LogP contribution is 2.36. The number of hydrogen-bond donors (Lipinski definition) is 1. The predicted molar refractivity (Wildman–Crippen MR) is 92.9 cm³/mol. The maximum absolute atomic E-state index is 13.9. The molecule has 0 spiro atoms. The third-order valence-corrected chi connectivity index (χ3v) is 4.60. The van der Waals surface area contributed by atoms with Crippen LogP contribution in [0.5, 0.6) is 0 Å². The van der Waals surface area contributed by atoms with Crippen molar-refractivity contribution < 1.29 is 13.6 Å². The Labute approximate surface area is 156 Å². The van der Waals surface area contributed by atoms with Gasteiger partial charge in [0.15, 0.2) is 11.6 Å². The first-order valence-electron chi connectivity index (χ1n) is 6.31. The second-order valence-electron chi connectivity index (χ2n) is 4.83. The molecule has 0 saturated heterocycles. The Hall–Kier alpha value is -1.34. The van der Waals surface area contributed by atoms with Gasteiger partial charge in [0.25, 0.3) is 5.91 Å². The first-order chi connectivity index (χ1) is 11.1. The van der Waals surface area contributed by atoms with Gasteiger partial charge < -0.3 is 10.2 Å². The molecule has 2 aromatic rings. The van der Waals surface area contributed by atoms with Crippen LogP contribution in [0.3, 0.4) is 0 Å². The third kappa shape index (κ3) is 3.67. The number of nitrogens with one attached hydrogen (secondary N) is 1. The Bertz CT molecular complexity index is 807. The molecule has 128 valence electrons. The Morgan fingerprint density at radius 3 is 2.08 bits per heavy atom. The summed E-state index contributed by atoms with van der Waals surface area (Å²) in [5.41, 5.74) is -0.684. The molecule has 2 rings (SSSR count). The quantitative estimate of drug-likeness (QED) is 0.694. The van der Waals surface area contributed by atoms with Gasteiger partial charge in [-0.05, 0) is 12.1 Å². The van der Waals surface area contributed by atoms with Crippen LogP contribution in [-0.2, 0) is 0 Å². The zero-order chi connectivity index (χ0) is 18.2. The van der Waals surface area contributed by atoms with Crippen LogP contribution in [0.25, 0.3) is 0 Å². The standard InChI is InChI=1S/C14H9Cl4F2N3O/c1-23(2)12-6(19)3-5(4-7(12)20)21-14(24)11-9(16)8(15)10(17)13(18)22-11/h3-4H,1-2H3,(H,21,24). The largest absolute Gasteiger partial charge is 0.373 e. The molecular formula is C14H9Cl4F2N3O. The number of pyridine rings is 1. The number of benzene rings is 1. The SMILES string of the molecule is CN(C)c1c(F)cc(NC(=O)c2nc(Cl)c(Cl)c(Cl)c2Cl)cc1F. The molecule has 4 nitrogen and oxygen atoms in total. The van der Waals surface area contributed by atoms with Crippen LogP contribution < -0.4 is 10.2 Å². The summed E-state index contributed by atoms with van der Waals surface area (Å²) in [5, 5.41) is 1.57. The van der Waals surface area contributed by atoms with Gasteiger partial charge in [-0.1, -0.05) is 46.4 Å². The number of nitrogens with zero attached hydrogens (tertiary/aromatic N) is 2. The van der Waals surface area contributed by atoms with E-state index in [9.17, 15) is 13.6 Å². The van der Waals surface area contributed by atoms with Crippen molar-refractivity contribution in [1.82, 2.24) is 4.98 Å². The molecular weight excluding hydrogens is 406 g/mol. The van der Waals surface area contributed by atoms with E-state index in [2.05, 4.69) is 10.3 Å². The van der Waals surface area contributed by atoms with E-state index in [4.69, 9.17) is 46.4 Å². The molecule has 24 heavy (non-hydrogen) atoms. The van der Waals surface area contributed by atoms with Gasteiger partial charge >= 0.3 is 0 Å². The number of carbonyl (C=O) groups excluding carboxylic acids is 1. The molecule has 0 aliphatic heterocycles. The van der Waals surface area contributed by atoms with Crippen LogP contribution in [0.1, 0.15) is 10.5 Å². The molecule has 0 aliphatic rings. The Morgan fingerprint density at radius 2 is 1.58 bits per heavy atom. The molecule has 0 unspecified atom stereocenters. The van der Waals surface area contributed by atoms with E-state index in [1.807, 2.05) is 0 Å². The van der Waals surface area contributed by atoms with E-state index >= 15 is 0 Å². The highest BCUT2D eigenvalue weighted by molar-refractivity contribution is 6.52. The number of amides is 1. The zero-order valence-electron chi connectivity index (χ0n) is 12.2. The van der Waals surface area contributed by atoms with E-state index in [1.54, 1.807) is 0 Å². The smallest absolute Gasteiger partial charge is 0.275 e. The maximum Gasteiger partial charge on any atom is 0.275 e. The highest BCUT2D eigenvalue weighted by atomic mass is 35.5. The third-order valence-electron chi connectivity index (χ3n) is 2.92. The van der Waals surface area contributed by atoms with Crippen molar-refractivity contribution in [2.45, 2.75) is 0 Å². The van der Waals surface area contributed by atoms with Crippen LogP contribution in [0.15, 0.2) is 12.1 Å². The number of carbonyl (C=O) groups is 1. The number of anilines is 2. The van der Waals surface area contributed by atoms with Crippen LogP contribution in [-0.4, -0.2) is 25.0 Å². The van der Waals surface area contributed by atoms with Crippen molar-refractivity contribution in [3.63, 3.8) is 0 Å². The summed E-state index contributed by atoms with van der Waals surface area (Å²) in [4.78, 5) is 17.2. The van der Waals surface area contributed by atoms with Gasteiger partial charge in [0.1, 0.15) is 16.5 Å². The summed E-state index contributed by atoms with van der Waals surface area (Å²) >= 11 is 23.3. The van der Waals surface area contributed by atoms with Gasteiger partial charge in [-0.15, -0.1) is 0 Å². The molecule has 1 N–H and O–H groups in total. The molecule has 0 aliphatic carbocycles. The van der Waals surface area contributed by atoms with E-state index < -0.39 is 17.5 Å². The first-order valence-corrected chi connectivity index (χ1v) is 7.82. The molecule has 0 saturated carbocycles. The van der Waals surface area contributed by atoms with Crippen molar-refractivity contribution in [2.75, 3.05) is 24.3 Å². The fraction of sp³-hybridized carbons (Fsp3) is 0.143. The van der Waals surface area contributed by atoms with E-state index in [0.29, 0.717) is 0 Å². The number of rotatable bonds is 3. The minimum atomic E-state index is -0.850. The van der Waals surface area contributed by atoms with Gasteiger partial charge in [-0.2, -0.15) is 0 Å². The second-order valence-corrected chi connectivity index (χ2v) is 6.32. The minimum absolute atomic E-state index is 0.104. The van der Waals surface area contributed by atoms with Crippen molar-refractivity contribution in [3.05, 3.63) is 49.7 Å².